The number of rotatable bonds is 5. The summed E-state index contributed by atoms with van der Waals surface area (Å²) in [7, 11) is 0. The minimum atomic E-state index is -0.0665. The van der Waals surface area contributed by atoms with E-state index in [-0.39, 0.29) is 11.9 Å². The van der Waals surface area contributed by atoms with E-state index in [9.17, 15) is 4.79 Å². The Morgan fingerprint density at radius 2 is 1.86 bits per heavy atom. The van der Waals surface area contributed by atoms with Gasteiger partial charge in [-0.2, -0.15) is 0 Å². The van der Waals surface area contributed by atoms with Crippen LogP contribution in [0.4, 0.5) is 0 Å². The lowest BCUT2D eigenvalue weighted by Gasteiger charge is -2.33. The van der Waals surface area contributed by atoms with E-state index in [0.717, 1.165) is 38.3 Å². The van der Waals surface area contributed by atoms with Crippen molar-refractivity contribution < 1.29 is 4.79 Å². The van der Waals surface area contributed by atoms with Crippen LogP contribution in [0.2, 0.25) is 5.02 Å². The molecule has 1 aromatic carbocycles. The first kappa shape index (κ1) is 16.3. The molecule has 0 aromatic heterocycles. The molecule has 1 heterocycles. The van der Waals surface area contributed by atoms with Crippen molar-refractivity contribution in [2.24, 2.45) is 0 Å². The van der Waals surface area contributed by atoms with Crippen LogP contribution >= 0.6 is 11.6 Å². The first-order chi connectivity index (χ1) is 10.1. The molecule has 1 saturated heterocycles. The summed E-state index contributed by atoms with van der Waals surface area (Å²) in [6.45, 7) is 9.70. The molecule has 5 heteroatoms. The first-order valence-corrected chi connectivity index (χ1v) is 7.96. The first-order valence-electron chi connectivity index (χ1n) is 7.58. The van der Waals surface area contributed by atoms with Crippen LogP contribution in [0, 0.1) is 0 Å². The van der Waals surface area contributed by atoms with Crippen molar-refractivity contribution in [3.63, 3.8) is 0 Å². The fourth-order valence-electron chi connectivity index (χ4n) is 2.66. The molecule has 21 heavy (non-hydrogen) atoms. The lowest BCUT2D eigenvalue weighted by Crippen LogP contribution is -2.49. The van der Waals surface area contributed by atoms with Gasteiger partial charge in [0.2, 0.25) is 5.91 Å². The number of halogens is 1. The van der Waals surface area contributed by atoms with Gasteiger partial charge in [-0.1, -0.05) is 36.7 Å². The quantitative estimate of drug-likeness (QED) is 0.905. The van der Waals surface area contributed by atoms with Crippen LogP contribution in [0.5, 0.6) is 0 Å². The largest absolute Gasteiger partial charge is 0.348 e. The van der Waals surface area contributed by atoms with Crippen molar-refractivity contribution in [1.29, 1.82) is 0 Å². The third-order valence-corrected chi connectivity index (χ3v) is 4.37. The Bertz CT molecular complexity index is 472. The predicted octanol–water partition coefficient (Wildman–Crippen LogP) is 2.15. The van der Waals surface area contributed by atoms with Gasteiger partial charge in [0.1, 0.15) is 0 Å². The van der Waals surface area contributed by atoms with Gasteiger partial charge in [-0.05, 0) is 25.1 Å². The van der Waals surface area contributed by atoms with Crippen LogP contribution < -0.4 is 5.32 Å². The average Bonchev–Trinajstić information content (AvgIpc) is 2.48. The third kappa shape index (κ3) is 4.70. The lowest BCUT2D eigenvalue weighted by atomic mass is 10.1. The van der Waals surface area contributed by atoms with E-state index in [0.29, 0.717) is 11.6 Å². The number of benzene rings is 1. The Kier molecular flexibility index (Phi) is 6.03. The van der Waals surface area contributed by atoms with Crippen molar-refractivity contribution in [2.45, 2.75) is 19.9 Å². The number of hydrogen-bond acceptors (Lipinski definition) is 3. The highest BCUT2D eigenvalue weighted by molar-refractivity contribution is 6.31. The summed E-state index contributed by atoms with van der Waals surface area (Å²) in [5, 5.41) is 3.73. The monoisotopic (exact) mass is 309 g/mol. The molecule has 1 atom stereocenters. The topological polar surface area (TPSA) is 35.6 Å². The molecule has 1 aliphatic rings. The molecule has 1 aromatic rings. The van der Waals surface area contributed by atoms with Gasteiger partial charge in [0.15, 0.2) is 0 Å². The van der Waals surface area contributed by atoms with Crippen LogP contribution in [-0.2, 0) is 4.79 Å². The highest BCUT2D eigenvalue weighted by Crippen LogP contribution is 2.21. The molecule has 1 N–H and O–H groups in total. The molecule has 1 aliphatic heterocycles. The maximum absolute atomic E-state index is 12.1. The lowest BCUT2D eigenvalue weighted by molar-refractivity contribution is -0.123. The summed E-state index contributed by atoms with van der Waals surface area (Å²) >= 11 is 6.16. The van der Waals surface area contributed by atoms with Crippen molar-refractivity contribution in [3.8, 4) is 0 Å². The maximum Gasteiger partial charge on any atom is 0.234 e. The smallest absolute Gasteiger partial charge is 0.234 e. The van der Waals surface area contributed by atoms with Crippen LogP contribution in [0.15, 0.2) is 24.3 Å². The number of nitrogens with one attached hydrogen (secondary N) is 1. The molecule has 2 rings (SSSR count). The summed E-state index contributed by atoms with van der Waals surface area (Å²) in [5.41, 5.74) is 0.961. The van der Waals surface area contributed by atoms with Crippen LogP contribution in [0.1, 0.15) is 25.5 Å². The molecular weight excluding hydrogens is 286 g/mol. The van der Waals surface area contributed by atoms with E-state index in [1.807, 2.05) is 31.2 Å². The molecule has 4 nitrogen and oxygen atoms in total. The number of carbonyl (C=O) groups is 1. The second-order valence-corrected chi connectivity index (χ2v) is 5.93. The van der Waals surface area contributed by atoms with E-state index in [1.165, 1.54) is 0 Å². The van der Waals surface area contributed by atoms with Gasteiger partial charge in [0.05, 0.1) is 12.6 Å². The molecule has 1 unspecified atom stereocenters. The van der Waals surface area contributed by atoms with Crippen molar-refractivity contribution >= 4 is 17.5 Å². The number of carbonyl (C=O) groups excluding carboxylic acids is 1. The Balaban J connectivity index is 1.81. The standard InChI is InChI=1S/C16H24ClN3O/c1-3-19-8-10-20(11-9-19)12-16(21)18-13(2)14-6-4-5-7-15(14)17/h4-7,13H,3,8-12H2,1-2H3,(H,18,21). The fourth-order valence-corrected chi connectivity index (χ4v) is 2.96. The zero-order valence-corrected chi connectivity index (χ0v) is 13.6. The molecule has 0 bridgehead atoms. The molecule has 0 aliphatic carbocycles. The summed E-state index contributed by atoms with van der Waals surface area (Å²) in [5.74, 6) is 0.0624. The number of likely N-dealkylation sites (N-methyl/N-ethyl adjacent to an activating group) is 1. The summed E-state index contributed by atoms with van der Waals surface area (Å²) in [4.78, 5) is 16.8. The van der Waals surface area contributed by atoms with Gasteiger partial charge in [-0.25, -0.2) is 0 Å². The van der Waals surface area contributed by atoms with E-state index >= 15 is 0 Å². The van der Waals surface area contributed by atoms with Crippen LogP contribution in [0.3, 0.4) is 0 Å². The van der Waals surface area contributed by atoms with E-state index in [1.54, 1.807) is 0 Å². The Labute approximate surface area is 132 Å². The van der Waals surface area contributed by atoms with Gasteiger partial charge in [-0.15, -0.1) is 0 Å². The molecule has 0 saturated carbocycles. The van der Waals surface area contributed by atoms with Gasteiger partial charge in [-0.3, -0.25) is 9.69 Å². The summed E-state index contributed by atoms with van der Waals surface area (Å²) in [6.07, 6.45) is 0. The average molecular weight is 310 g/mol. The van der Waals surface area contributed by atoms with Crippen molar-refractivity contribution in [3.05, 3.63) is 34.9 Å². The van der Waals surface area contributed by atoms with Crippen LogP contribution in [0.25, 0.3) is 0 Å². The van der Waals surface area contributed by atoms with Gasteiger partial charge in [0, 0.05) is 31.2 Å². The highest BCUT2D eigenvalue weighted by atomic mass is 35.5. The van der Waals surface area contributed by atoms with Gasteiger partial charge < -0.3 is 10.2 Å². The van der Waals surface area contributed by atoms with Gasteiger partial charge >= 0.3 is 0 Å². The minimum Gasteiger partial charge on any atom is -0.348 e. The molecule has 1 amide bonds. The molecule has 0 spiro atoms. The van der Waals surface area contributed by atoms with Crippen molar-refractivity contribution in [2.75, 3.05) is 39.3 Å². The fraction of sp³-hybridized carbons (Fsp3) is 0.562. The second-order valence-electron chi connectivity index (χ2n) is 5.52. The molecule has 116 valence electrons. The van der Waals surface area contributed by atoms with E-state index < -0.39 is 0 Å². The second kappa shape index (κ2) is 7.78. The van der Waals surface area contributed by atoms with E-state index in [2.05, 4.69) is 22.0 Å². The molecule has 1 fully saturated rings. The van der Waals surface area contributed by atoms with E-state index in [4.69, 9.17) is 11.6 Å². The predicted molar refractivity (Wildman–Crippen MR) is 86.6 cm³/mol. The zero-order valence-electron chi connectivity index (χ0n) is 12.8. The Morgan fingerprint density at radius 1 is 1.24 bits per heavy atom. The number of hydrogen-bond donors (Lipinski definition) is 1. The number of nitrogens with zero attached hydrogens (tertiary/aromatic N) is 2. The molecular formula is C16H24ClN3O. The van der Waals surface area contributed by atoms with Crippen molar-refractivity contribution in [1.82, 2.24) is 15.1 Å². The number of amides is 1. The Hall–Kier alpha value is -1.10. The normalized spacial score (nSPS) is 18.4. The highest BCUT2D eigenvalue weighted by Gasteiger charge is 2.19. The van der Waals surface area contributed by atoms with Crippen LogP contribution in [-0.4, -0.2) is 55.0 Å². The zero-order chi connectivity index (χ0) is 15.2. The summed E-state index contributed by atoms with van der Waals surface area (Å²) in [6, 6.07) is 7.57. The molecule has 0 radical (unpaired) electrons. The van der Waals surface area contributed by atoms with Gasteiger partial charge in [0.25, 0.3) is 0 Å². The Morgan fingerprint density at radius 3 is 2.48 bits per heavy atom. The third-order valence-electron chi connectivity index (χ3n) is 4.03. The summed E-state index contributed by atoms with van der Waals surface area (Å²) < 4.78 is 0. The number of piperazine rings is 1. The maximum atomic E-state index is 12.1. The SMILES string of the molecule is CCN1CCN(CC(=O)NC(C)c2ccccc2Cl)CC1. The minimum absolute atomic E-state index is 0.0624.